The first kappa shape index (κ1) is 14.2. The largest absolute Gasteiger partial charge is 0.377 e. The summed E-state index contributed by atoms with van der Waals surface area (Å²) in [5, 5.41) is 0. The Morgan fingerprint density at radius 2 is 2.11 bits per heavy atom. The third-order valence-electron chi connectivity index (χ3n) is 4.22. The zero-order valence-corrected chi connectivity index (χ0v) is 13.1. The first-order valence-electron chi connectivity index (χ1n) is 7.26. The lowest BCUT2D eigenvalue weighted by molar-refractivity contribution is 0.0446. The summed E-state index contributed by atoms with van der Waals surface area (Å²) in [5.74, 6) is 2.13. The molecule has 3 rings (SSSR count). The van der Waals surface area contributed by atoms with Crippen molar-refractivity contribution in [1.29, 1.82) is 0 Å². The van der Waals surface area contributed by atoms with Gasteiger partial charge in [-0.1, -0.05) is 6.92 Å². The van der Waals surface area contributed by atoms with Crippen LogP contribution in [0.5, 0.6) is 0 Å². The SMILES string of the molecule is CCCS(=O)(=O)N1CC2(CC(OCC3CC3)CS2)C1. The standard InChI is InChI=1S/C13H23NO3S2/c1-2-5-19(15,16)14-9-13(10-14)6-12(8-18-13)17-7-11-3-4-11/h11-12H,2-10H2,1H3. The number of hydrogen-bond donors (Lipinski definition) is 0. The molecule has 0 aromatic rings. The third-order valence-corrected chi connectivity index (χ3v) is 7.77. The minimum atomic E-state index is -2.99. The molecule has 1 unspecified atom stereocenters. The zero-order valence-electron chi connectivity index (χ0n) is 11.5. The van der Waals surface area contributed by atoms with Gasteiger partial charge in [-0.15, -0.1) is 11.8 Å². The molecule has 2 heterocycles. The topological polar surface area (TPSA) is 46.6 Å². The molecule has 6 heteroatoms. The van der Waals surface area contributed by atoms with Gasteiger partial charge in [0.25, 0.3) is 0 Å². The molecule has 0 N–H and O–H groups in total. The summed E-state index contributed by atoms with van der Waals surface area (Å²) >= 11 is 1.92. The first-order valence-corrected chi connectivity index (χ1v) is 9.86. The number of sulfonamides is 1. The Bertz CT molecular complexity index is 427. The van der Waals surface area contributed by atoms with Gasteiger partial charge < -0.3 is 4.74 Å². The Hall–Kier alpha value is 0.220. The van der Waals surface area contributed by atoms with E-state index in [4.69, 9.17) is 4.74 Å². The molecule has 1 atom stereocenters. The molecule has 19 heavy (non-hydrogen) atoms. The van der Waals surface area contributed by atoms with E-state index in [1.807, 2.05) is 18.7 Å². The van der Waals surface area contributed by atoms with Crippen LogP contribution >= 0.6 is 11.8 Å². The maximum Gasteiger partial charge on any atom is 0.214 e. The number of nitrogens with zero attached hydrogens (tertiary/aromatic N) is 1. The summed E-state index contributed by atoms with van der Waals surface area (Å²) in [6, 6.07) is 0. The summed E-state index contributed by atoms with van der Waals surface area (Å²) in [5.41, 5.74) is 0. The van der Waals surface area contributed by atoms with Crippen LogP contribution in [0.2, 0.25) is 0 Å². The van der Waals surface area contributed by atoms with E-state index < -0.39 is 10.0 Å². The maximum absolute atomic E-state index is 11.9. The van der Waals surface area contributed by atoms with Crippen molar-refractivity contribution in [3.05, 3.63) is 0 Å². The van der Waals surface area contributed by atoms with Crippen LogP contribution in [0.15, 0.2) is 0 Å². The van der Waals surface area contributed by atoms with E-state index in [0.29, 0.717) is 25.6 Å². The van der Waals surface area contributed by atoms with Gasteiger partial charge in [0, 0.05) is 30.2 Å². The van der Waals surface area contributed by atoms with Gasteiger partial charge in [0.2, 0.25) is 10.0 Å². The highest BCUT2D eigenvalue weighted by molar-refractivity contribution is 8.01. The molecule has 3 fully saturated rings. The van der Waals surface area contributed by atoms with Gasteiger partial charge in [-0.3, -0.25) is 0 Å². The van der Waals surface area contributed by atoms with Crippen molar-refractivity contribution in [1.82, 2.24) is 4.31 Å². The minimum absolute atomic E-state index is 0.162. The van der Waals surface area contributed by atoms with E-state index in [0.717, 1.165) is 24.7 Å². The highest BCUT2D eigenvalue weighted by atomic mass is 32.2. The maximum atomic E-state index is 11.9. The summed E-state index contributed by atoms with van der Waals surface area (Å²) in [4.78, 5) is 0. The van der Waals surface area contributed by atoms with Crippen LogP contribution in [-0.2, 0) is 14.8 Å². The van der Waals surface area contributed by atoms with Gasteiger partial charge in [-0.05, 0) is 31.6 Å². The fourth-order valence-corrected chi connectivity index (χ4v) is 6.24. The van der Waals surface area contributed by atoms with Gasteiger partial charge in [-0.2, -0.15) is 4.31 Å². The third kappa shape index (κ3) is 3.12. The second-order valence-electron chi connectivity index (χ2n) is 6.18. The van der Waals surface area contributed by atoms with E-state index in [1.54, 1.807) is 4.31 Å². The number of hydrogen-bond acceptors (Lipinski definition) is 4. The van der Waals surface area contributed by atoms with Gasteiger partial charge >= 0.3 is 0 Å². The average Bonchev–Trinajstić information content (AvgIpc) is 3.02. The van der Waals surface area contributed by atoms with E-state index in [1.165, 1.54) is 12.8 Å². The highest BCUT2D eigenvalue weighted by Crippen LogP contribution is 2.47. The van der Waals surface area contributed by atoms with E-state index in [2.05, 4.69) is 0 Å². The minimum Gasteiger partial charge on any atom is -0.377 e. The normalized spacial score (nSPS) is 30.7. The van der Waals surface area contributed by atoms with Crippen molar-refractivity contribution in [3.63, 3.8) is 0 Å². The quantitative estimate of drug-likeness (QED) is 0.749. The summed E-state index contributed by atoms with van der Waals surface area (Å²) in [6.45, 7) is 4.23. The molecule has 110 valence electrons. The van der Waals surface area contributed by atoms with E-state index in [-0.39, 0.29) is 10.5 Å². The van der Waals surface area contributed by atoms with Crippen molar-refractivity contribution >= 4 is 21.8 Å². The lowest BCUT2D eigenvalue weighted by Crippen LogP contribution is -2.61. The van der Waals surface area contributed by atoms with Gasteiger partial charge in [-0.25, -0.2) is 8.42 Å². The molecule has 0 aromatic carbocycles. The molecule has 0 amide bonds. The molecular formula is C13H23NO3S2. The summed E-state index contributed by atoms with van der Waals surface area (Å²) < 4.78 is 31.6. The first-order chi connectivity index (χ1) is 9.03. The zero-order chi connectivity index (χ0) is 13.5. The number of rotatable bonds is 6. The van der Waals surface area contributed by atoms with Crippen molar-refractivity contribution in [2.45, 2.75) is 43.5 Å². The number of thioether (sulfide) groups is 1. The van der Waals surface area contributed by atoms with Crippen molar-refractivity contribution in [2.24, 2.45) is 5.92 Å². The molecule has 3 aliphatic rings. The van der Waals surface area contributed by atoms with Crippen LogP contribution < -0.4 is 0 Å². The van der Waals surface area contributed by atoms with Gasteiger partial charge in [0.05, 0.1) is 11.9 Å². The Morgan fingerprint density at radius 3 is 2.74 bits per heavy atom. The van der Waals surface area contributed by atoms with Crippen molar-refractivity contribution < 1.29 is 13.2 Å². The average molecular weight is 305 g/mol. The fourth-order valence-electron chi connectivity index (χ4n) is 2.87. The van der Waals surface area contributed by atoms with Crippen LogP contribution in [0.4, 0.5) is 0 Å². The van der Waals surface area contributed by atoms with E-state index >= 15 is 0 Å². The monoisotopic (exact) mass is 305 g/mol. The Morgan fingerprint density at radius 1 is 1.37 bits per heavy atom. The van der Waals surface area contributed by atoms with Crippen LogP contribution in [0, 0.1) is 5.92 Å². The molecule has 2 saturated heterocycles. The predicted molar refractivity (Wildman–Crippen MR) is 77.9 cm³/mol. The lowest BCUT2D eigenvalue weighted by Gasteiger charge is -2.46. The molecule has 0 bridgehead atoms. The van der Waals surface area contributed by atoms with E-state index in [9.17, 15) is 8.42 Å². The van der Waals surface area contributed by atoms with Crippen molar-refractivity contribution in [2.75, 3.05) is 31.2 Å². The van der Waals surface area contributed by atoms with Crippen LogP contribution in [0.3, 0.4) is 0 Å². The van der Waals surface area contributed by atoms with Crippen LogP contribution in [0.1, 0.15) is 32.6 Å². The molecule has 1 aliphatic carbocycles. The van der Waals surface area contributed by atoms with Crippen molar-refractivity contribution in [3.8, 4) is 0 Å². The van der Waals surface area contributed by atoms with Crippen LogP contribution in [0.25, 0.3) is 0 Å². The number of ether oxygens (including phenoxy) is 1. The van der Waals surface area contributed by atoms with Gasteiger partial charge in [0.15, 0.2) is 0 Å². The molecule has 1 saturated carbocycles. The molecule has 2 aliphatic heterocycles. The summed E-state index contributed by atoms with van der Waals surface area (Å²) in [6.07, 6.45) is 4.73. The Balaban J connectivity index is 1.46. The lowest BCUT2D eigenvalue weighted by atomic mass is 9.95. The predicted octanol–water partition coefficient (Wildman–Crippen LogP) is 1.71. The Kier molecular flexibility index (Phi) is 3.88. The molecule has 0 aromatic heterocycles. The molecular weight excluding hydrogens is 282 g/mol. The Labute approximate surface area is 120 Å². The van der Waals surface area contributed by atoms with Gasteiger partial charge in [0.1, 0.15) is 0 Å². The molecule has 0 radical (unpaired) electrons. The second kappa shape index (κ2) is 5.20. The smallest absolute Gasteiger partial charge is 0.214 e. The molecule has 4 nitrogen and oxygen atoms in total. The van der Waals surface area contributed by atoms with Crippen LogP contribution in [-0.4, -0.2) is 54.8 Å². The fraction of sp³-hybridized carbons (Fsp3) is 1.00. The molecule has 1 spiro atoms. The summed E-state index contributed by atoms with van der Waals surface area (Å²) in [7, 11) is -2.99. The second-order valence-corrected chi connectivity index (χ2v) is 9.76. The highest BCUT2D eigenvalue weighted by Gasteiger charge is 2.52.